The maximum absolute atomic E-state index is 13.7. The van der Waals surface area contributed by atoms with Gasteiger partial charge in [-0.2, -0.15) is 0 Å². The van der Waals surface area contributed by atoms with Crippen LogP contribution in [0.3, 0.4) is 0 Å². The van der Waals surface area contributed by atoms with Crippen LogP contribution in [0.5, 0.6) is 0 Å². The van der Waals surface area contributed by atoms with Crippen LogP contribution < -0.4 is 4.90 Å². The molecule has 2 aromatic carbocycles. The molecule has 3 nitrogen and oxygen atoms in total. The van der Waals surface area contributed by atoms with E-state index in [9.17, 15) is 14.0 Å². The Balaban J connectivity index is 2.06. The zero-order valence-corrected chi connectivity index (χ0v) is 13.7. The molecule has 21 heavy (non-hydrogen) atoms. The third-order valence-electron chi connectivity index (χ3n) is 3.30. The molecule has 0 atom stereocenters. The molecule has 0 unspecified atom stereocenters. The van der Waals surface area contributed by atoms with E-state index in [0.29, 0.717) is 5.69 Å². The second kappa shape index (κ2) is 5.35. The lowest BCUT2D eigenvalue weighted by Crippen LogP contribution is -2.29. The van der Waals surface area contributed by atoms with E-state index in [-0.39, 0.29) is 16.6 Å². The highest BCUT2D eigenvalue weighted by Crippen LogP contribution is 2.35. The molecule has 3 rings (SSSR count). The van der Waals surface area contributed by atoms with Crippen molar-refractivity contribution in [2.45, 2.75) is 6.54 Å². The average Bonchev–Trinajstić information content (AvgIpc) is 2.67. The quantitative estimate of drug-likeness (QED) is 0.697. The van der Waals surface area contributed by atoms with Crippen LogP contribution in [-0.2, 0) is 11.3 Å². The Morgan fingerprint density at radius 1 is 1.05 bits per heavy atom. The van der Waals surface area contributed by atoms with Crippen LogP contribution in [0.15, 0.2) is 45.3 Å². The highest BCUT2D eigenvalue weighted by molar-refractivity contribution is 9.10. The Hall–Kier alpha value is -1.53. The van der Waals surface area contributed by atoms with Gasteiger partial charge in [0.25, 0.3) is 11.7 Å². The summed E-state index contributed by atoms with van der Waals surface area (Å²) in [5.74, 6) is -1.76. The number of amides is 1. The number of hydrogen-bond acceptors (Lipinski definition) is 2. The number of Topliss-reactive ketones (excluding diaryl/α,β-unsaturated/α-hetero) is 1. The second-order valence-corrected chi connectivity index (χ2v) is 6.30. The Morgan fingerprint density at radius 3 is 2.48 bits per heavy atom. The van der Waals surface area contributed by atoms with E-state index in [1.807, 2.05) is 24.3 Å². The van der Waals surface area contributed by atoms with E-state index < -0.39 is 17.5 Å². The largest absolute Gasteiger partial charge is 0.300 e. The van der Waals surface area contributed by atoms with Gasteiger partial charge in [-0.3, -0.25) is 9.59 Å². The number of hydrogen-bond donors (Lipinski definition) is 0. The maximum Gasteiger partial charge on any atom is 0.299 e. The number of ketones is 1. The van der Waals surface area contributed by atoms with Gasteiger partial charge < -0.3 is 4.90 Å². The van der Waals surface area contributed by atoms with Gasteiger partial charge in [0.1, 0.15) is 5.82 Å². The summed E-state index contributed by atoms with van der Waals surface area (Å²) in [6, 6.07) is 9.95. The van der Waals surface area contributed by atoms with Crippen molar-refractivity contribution in [3.05, 3.63) is 62.3 Å². The monoisotopic (exact) mass is 411 g/mol. The number of anilines is 1. The summed E-state index contributed by atoms with van der Waals surface area (Å²) < 4.78 is 14.7. The highest BCUT2D eigenvalue weighted by atomic mass is 79.9. The van der Waals surface area contributed by atoms with Crippen LogP contribution >= 0.6 is 31.9 Å². The van der Waals surface area contributed by atoms with E-state index in [0.717, 1.165) is 10.0 Å². The SMILES string of the molecule is O=C1C(=O)N(Cc2ccccc2Br)c2cc(F)c(Br)cc21. The number of carbonyl (C=O) groups excluding carboxylic acids is 2. The van der Waals surface area contributed by atoms with Gasteiger partial charge in [0.05, 0.1) is 22.3 Å². The lowest BCUT2D eigenvalue weighted by molar-refractivity contribution is -0.114. The van der Waals surface area contributed by atoms with E-state index >= 15 is 0 Å². The summed E-state index contributed by atoms with van der Waals surface area (Å²) in [4.78, 5) is 25.4. The Bertz CT molecular complexity index is 776. The molecule has 106 valence electrons. The third-order valence-corrected chi connectivity index (χ3v) is 4.68. The molecule has 1 aliphatic heterocycles. The molecule has 1 amide bonds. The van der Waals surface area contributed by atoms with E-state index in [4.69, 9.17) is 0 Å². The van der Waals surface area contributed by atoms with Crippen LogP contribution in [0.25, 0.3) is 0 Å². The van der Waals surface area contributed by atoms with E-state index in [1.54, 1.807) is 0 Å². The van der Waals surface area contributed by atoms with Gasteiger partial charge in [-0.1, -0.05) is 34.1 Å². The smallest absolute Gasteiger partial charge is 0.299 e. The number of halogens is 3. The zero-order chi connectivity index (χ0) is 15.1. The predicted molar refractivity (Wildman–Crippen MR) is 83.8 cm³/mol. The summed E-state index contributed by atoms with van der Waals surface area (Å²) in [7, 11) is 0. The van der Waals surface area contributed by atoms with Gasteiger partial charge in [-0.25, -0.2) is 4.39 Å². The first-order chi connectivity index (χ1) is 9.99. The molecule has 0 fully saturated rings. The van der Waals surface area contributed by atoms with Crippen LogP contribution in [-0.4, -0.2) is 11.7 Å². The van der Waals surface area contributed by atoms with Crippen LogP contribution in [0, 0.1) is 5.82 Å². The Labute approximate surface area is 137 Å². The van der Waals surface area contributed by atoms with Crippen molar-refractivity contribution in [1.82, 2.24) is 0 Å². The fraction of sp³-hybridized carbons (Fsp3) is 0.0667. The van der Waals surface area contributed by atoms with Crippen molar-refractivity contribution < 1.29 is 14.0 Å². The lowest BCUT2D eigenvalue weighted by Gasteiger charge is -2.17. The van der Waals surface area contributed by atoms with Gasteiger partial charge in [-0.05, 0) is 39.7 Å². The summed E-state index contributed by atoms with van der Waals surface area (Å²) in [5, 5.41) is 0. The van der Waals surface area contributed by atoms with Crippen molar-refractivity contribution in [3.63, 3.8) is 0 Å². The van der Waals surface area contributed by atoms with Crippen molar-refractivity contribution in [2.24, 2.45) is 0 Å². The van der Waals surface area contributed by atoms with Gasteiger partial charge in [-0.15, -0.1) is 0 Å². The van der Waals surface area contributed by atoms with Crippen molar-refractivity contribution in [1.29, 1.82) is 0 Å². The van der Waals surface area contributed by atoms with Gasteiger partial charge in [0.2, 0.25) is 0 Å². The maximum atomic E-state index is 13.7. The molecule has 0 radical (unpaired) electrons. The molecule has 0 saturated heterocycles. The van der Waals surface area contributed by atoms with Crippen LogP contribution in [0.2, 0.25) is 0 Å². The molecule has 1 heterocycles. The average molecular weight is 413 g/mol. The molecule has 0 spiro atoms. The van der Waals surface area contributed by atoms with Crippen molar-refractivity contribution in [3.8, 4) is 0 Å². The molecule has 2 aromatic rings. The van der Waals surface area contributed by atoms with Crippen molar-refractivity contribution >= 4 is 49.2 Å². The first kappa shape index (κ1) is 14.4. The minimum atomic E-state index is -0.641. The topological polar surface area (TPSA) is 37.4 Å². The summed E-state index contributed by atoms with van der Waals surface area (Å²) in [5.41, 5.74) is 1.37. The number of nitrogens with zero attached hydrogens (tertiary/aromatic N) is 1. The zero-order valence-electron chi connectivity index (χ0n) is 10.6. The molecule has 0 saturated carbocycles. The van der Waals surface area contributed by atoms with Gasteiger partial charge in [0, 0.05) is 4.47 Å². The third kappa shape index (κ3) is 2.42. The molecule has 0 aliphatic carbocycles. The lowest BCUT2D eigenvalue weighted by atomic mass is 10.1. The van der Waals surface area contributed by atoms with E-state index in [1.165, 1.54) is 17.0 Å². The minimum absolute atomic E-state index is 0.171. The van der Waals surface area contributed by atoms with Crippen LogP contribution in [0.4, 0.5) is 10.1 Å². The van der Waals surface area contributed by atoms with Gasteiger partial charge >= 0.3 is 0 Å². The summed E-state index contributed by atoms with van der Waals surface area (Å²) in [6.45, 7) is 0.208. The molecular weight excluding hydrogens is 405 g/mol. The Kier molecular flexibility index (Phi) is 3.67. The molecule has 0 aromatic heterocycles. The molecule has 0 N–H and O–H groups in total. The number of fused-ring (bicyclic) bond motifs is 1. The fourth-order valence-corrected chi connectivity index (χ4v) is 3.00. The van der Waals surface area contributed by atoms with E-state index in [2.05, 4.69) is 31.9 Å². The first-order valence-electron chi connectivity index (χ1n) is 6.07. The summed E-state index contributed by atoms with van der Waals surface area (Å²) >= 11 is 6.43. The second-order valence-electron chi connectivity index (χ2n) is 4.60. The molecule has 1 aliphatic rings. The summed E-state index contributed by atoms with van der Waals surface area (Å²) in [6.07, 6.45) is 0. The minimum Gasteiger partial charge on any atom is -0.300 e. The molecular formula is C15H8Br2FNO2. The fourth-order valence-electron chi connectivity index (χ4n) is 2.24. The Morgan fingerprint density at radius 2 is 1.76 bits per heavy atom. The van der Waals surface area contributed by atoms with Crippen LogP contribution in [0.1, 0.15) is 15.9 Å². The number of benzene rings is 2. The predicted octanol–water partition coefficient (Wildman–Crippen LogP) is 4.08. The van der Waals surface area contributed by atoms with Gasteiger partial charge in [0.15, 0.2) is 0 Å². The molecule has 0 bridgehead atoms. The highest BCUT2D eigenvalue weighted by Gasteiger charge is 2.36. The normalized spacial score (nSPS) is 13.8. The standard InChI is InChI=1S/C15H8Br2FNO2/c16-10-4-2-1-3-8(10)7-19-13-6-12(18)11(17)5-9(13)14(20)15(19)21/h1-6H,7H2. The molecule has 6 heteroatoms. The number of carbonyl (C=O) groups is 2. The van der Waals surface area contributed by atoms with Crippen molar-refractivity contribution in [2.75, 3.05) is 4.90 Å². The first-order valence-corrected chi connectivity index (χ1v) is 7.66. The number of rotatable bonds is 2.